The van der Waals surface area contributed by atoms with Crippen molar-refractivity contribution < 1.29 is 12.9 Å². The van der Waals surface area contributed by atoms with Gasteiger partial charge in [-0.1, -0.05) is 30.3 Å². The maximum atomic E-state index is 10.4. The van der Waals surface area contributed by atoms with Gasteiger partial charge in [0.25, 0.3) is 0 Å². The molecule has 0 aliphatic rings. The molecule has 1 aromatic rings. The second kappa shape index (κ2) is 4.00. The fraction of sp³-hybridized carbons (Fsp3) is 0.333. The van der Waals surface area contributed by atoms with Crippen LogP contribution in [0.5, 0.6) is 0 Å². The van der Waals surface area contributed by atoms with Crippen molar-refractivity contribution in [2.75, 3.05) is 0 Å². The van der Waals surface area contributed by atoms with E-state index >= 15 is 0 Å². The molecule has 0 aliphatic carbocycles. The molecule has 0 saturated heterocycles. The topological polar surface area (TPSA) is 49.4 Å². The highest BCUT2D eigenvalue weighted by molar-refractivity contribution is 7.74. The fourth-order valence-electron chi connectivity index (χ4n) is 1.06. The molecule has 1 rings (SSSR count). The molecule has 0 aliphatic heterocycles. The maximum Gasteiger partial charge on any atom is 0.104 e. The van der Waals surface area contributed by atoms with Crippen LogP contribution in [0.15, 0.2) is 30.3 Å². The van der Waals surface area contributed by atoms with Crippen LogP contribution in [-0.4, -0.2) is 8.76 Å². The van der Waals surface area contributed by atoms with Crippen molar-refractivity contribution in [3.8, 4) is 0 Å². The summed E-state index contributed by atoms with van der Waals surface area (Å²) in [6, 6.07) is 9.20. The second-order valence-corrected chi connectivity index (χ2v) is 3.74. The summed E-state index contributed by atoms with van der Waals surface area (Å²) in [4.78, 5) is 0. The van der Waals surface area contributed by atoms with Gasteiger partial charge in [-0.2, -0.15) is 0 Å². The Labute approximate surface area is 80.2 Å². The first-order chi connectivity index (χ1) is 6.02. The van der Waals surface area contributed by atoms with Crippen molar-refractivity contribution in [3.63, 3.8) is 0 Å². The van der Waals surface area contributed by atoms with Crippen LogP contribution in [0, 0.1) is 0 Å². The Morgan fingerprint density at radius 2 is 1.85 bits per heavy atom. The molecule has 0 bridgehead atoms. The van der Waals surface area contributed by atoms with Crippen molar-refractivity contribution >= 4 is 11.4 Å². The second-order valence-electron chi connectivity index (χ2n) is 3.16. The molecule has 0 aromatic heterocycles. The lowest BCUT2D eigenvalue weighted by Gasteiger charge is -2.25. The Bertz CT molecular complexity index is 295. The van der Waals surface area contributed by atoms with Crippen molar-refractivity contribution in [3.05, 3.63) is 35.9 Å². The third kappa shape index (κ3) is 2.91. The van der Waals surface area contributed by atoms with Crippen LogP contribution < -0.4 is 0 Å². The minimum absolute atomic E-state index is 0.798. The van der Waals surface area contributed by atoms with Crippen LogP contribution >= 0.6 is 0 Å². The molecule has 0 N–H and O–H groups in total. The first-order valence-corrected chi connectivity index (χ1v) is 4.86. The average molecular weight is 199 g/mol. The van der Waals surface area contributed by atoms with Crippen LogP contribution in [0.4, 0.5) is 0 Å². The molecular weight excluding hydrogens is 188 g/mol. The molecule has 13 heavy (non-hydrogen) atoms. The van der Waals surface area contributed by atoms with Gasteiger partial charge in [0, 0.05) is 0 Å². The van der Waals surface area contributed by atoms with Gasteiger partial charge in [0.2, 0.25) is 0 Å². The Morgan fingerprint density at radius 3 is 2.31 bits per heavy atom. The van der Waals surface area contributed by atoms with E-state index in [9.17, 15) is 8.76 Å². The lowest BCUT2D eigenvalue weighted by Crippen LogP contribution is -2.22. The lowest BCUT2D eigenvalue weighted by molar-refractivity contribution is 0.112. The van der Waals surface area contributed by atoms with Crippen LogP contribution in [-0.2, 0) is 21.1 Å². The van der Waals surface area contributed by atoms with Gasteiger partial charge < -0.3 is 4.55 Å². The normalized spacial score (nSPS) is 14.1. The van der Waals surface area contributed by atoms with Gasteiger partial charge in [-0.25, -0.2) is 4.21 Å². The van der Waals surface area contributed by atoms with Gasteiger partial charge in [0.15, 0.2) is 0 Å². The largest absolute Gasteiger partial charge is 0.750 e. The van der Waals surface area contributed by atoms with E-state index in [0.717, 1.165) is 5.56 Å². The predicted molar refractivity (Wildman–Crippen MR) is 49.5 cm³/mol. The Morgan fingerprint density at radius 1 is 1.31 bits per heavy atom. The minimum atomic E-state index is -2.49. The summed E-state index contributed by atoms with van der Waals surface area (Å²) >= 11 is -2.49. The number of benzene rings is 1. The predicted octanol–water partition coefficient (Wildman–Crippen LogP) is 1.73. The molecule has 72 valence electrons. The Balaban J connectivity index is 2.87. The summed E-state index contributed by atoms with van der Waals surface area (Å²) < 4.78 is 25.5. The summed E-state index contributed by atoms with van der Waals surface area (Å²) in [5, 5.41) is 0. The Kier molecular flexibility index (Phi) is 3.19. The highest BCUT2D eigenvalue weighted by Gasteiger charge is 2.21. The first kappa shape index (κ1) is 10.4. The summed E-state index contributed by atoms with van der Waals surface area (Å²) in [7, 11) is 0. The molecule has 0 spiro atoms. The molecule has 1 atom stereocenters. The summed E-state index contributed by atoms with van der Waals surface area (Å²) in [6.45, 7) is 3.41. The monoisotopic (exact) mass is 199 g/mol. The van der Waals surface area contributed by atoms with Gasteiger partial charge in [-0.05, 0) is 19.4 Å². The molecule has 0 heterocycles. The molecule has 4 heteroatoms. The molecule has 3 nitrogen and oxygen atoms in total. The van der Waals surface area contributed by atoms with Crippen molar-refractivity contribution in [2.24, 2.45) is 0 Å². The highest BCUT2D eigenvalue weighted by Crippen LogP contribution is 2.24. The standard InChI is InChI=1S/C9H12O3S/c1-9(2,12-13(10)11)8-6-4-3-5-7-8/h3-7H,1-2H3,(H,10,11)/p-1. The molecule has 0 fully saturated rings. The smallest absolute Gasteiger partial charge is 0.104 e. The number of hydrogen-bond acceptors (Lipinski definition) is 3. The Hall–Kier alpha value is -0.710. The van der Waals surface area contributed by atoms with Crippen molar-refractivity contribution in [2.45, 2.75) is 19.4 Å². The molecular formula is C9H11O3S-. The third-order valence-electron chi connectivity index (χ3n) is 1.75. The molecule has 0 amide bonds. The first-order valence-electron chi connectivity index (χ1n) is 3.86. The van der Waals surface area contributed by atoms with Crippen LogP contribution in [0.1, 0.15) is 19.4 Å². The zero-order valence-corrected chi connectivity index (χ0v) is 8.34. The summed E-state index contributed by atoms with van der Waals surface area (Å²) in [5.74, 6) is 0. The van der Waals surface area contributed by atoms with E-state index in [0.29, 0.717) is 0 Å². The maximum absolute atomic E-state index is 10.4. The van der Waals surface area contributed by atoms with Gasteiger partial charge in [-0.3, -0.25) is 4.18 Å². The van der Waals surface area contributed by atoms with E-state index in [1.54, 1.807) is 13.8 Å². The lowest BCUT2D eigenvalue weighted by atomic mass is 9.99. The van der Waals surface area contributed by atoms with Crippen LogP contribution in [0.3, 0.4) is 0 Å². The van der Waals surface area contributed by atoms with Crippen molar-refractivity contribution in [1.82, 2.24) is 0 Å². The van der Waals surface area contributed by atoms with E-state index < -0.39 is 17.0 Å². The van der Waals surface area contributed by atoms with E-state index in [4.69, 9.17) is 4.18 Å². The zero-order chi connectivity index (χ0) is 9.90. The minimum Gasteiger partial charge on any atom is -0.750 e. The highest BCUT2D eigenvalue weighted by atomic mass is 32.2. The average Bonchev–Trinajstić information content (AvgIpc) is 2.04. The number of hydrogen-bond donors (Lipinski definition) is 0. The van der Waals surface area contributed by atoms with Crippen LogP contribution in [0.2, 0.25) is 0 Å². The van der Waals surface area contributed by atoms with Gasteiger partial charge in [0.05, 0.1) is 11.4 Å². The zero-order valence-electron chi connectivity index (χ0n) is 7.52. The van der Waals surface area contributed by atoms with Gasteiger partial charge in [-0.15, -0.1) is 0 Å². The van der Waals surface area contributed by atoms with Gasteiger partial charge >= 0.3 is 0 Å². The molecule has 1 unspecified atom stereocenters. The number of rotatable bonds is 3. The quantitative estimate of drug-likeness (QED) is 0.696. The summed E-state index contributed by atoms with van der Waals surface area (Å²) in [5.41, 5.74) is 0.0348. The van der Waals surface area contributed by atoms with E-state index in [2.05, 4.69) is 0 Å². The van der Waals surface area contributed by atoms with E-state index in [1.807, 2.05) is 30.3 Å². The van der Waals surface area contributed by atoms with E-state index in [1.165, 1.54) is 0 Å². The van der Waals surface area contributed by atoms with Crippen molar-refractivity contribution in [1.29, 1.82) is 0 Å². The molecule has 0 radical (unpaired) electrons. The molecule has 1 aromatic carbocycles. The molecule has 0 saturated carbocycles. The SMILES string of the molecule is CC(C)(OS(=O)[O-])c1ccccc1. The summed E-state index contributed by atoms with van der Waals surface area (Å²) in [6.07, 6.45) is 0. The van der Waals surface area contributed by atoms with Crippen LogP contribution in [0.25, 0.3) is 0 Å². The third-order valence-corrected chi connectivity index (χ3v) is 2.30. The fourth-order valence-corrected chi connectivity index (χ4v) is 1.49. The van der Waals surface area contributed by atoms with Gasteiger partial charge in [0.1, 0.15) is 5.60 Å². The van der Waals surface area contributed by atoms with E-state index in [-0.39, 0.29) is 0 Å².